The molecule has 4 heteroatoms. The van der Waals surface area contributed by atoms with Crippen LogP contribution in [0.3, 0.4) is 0 Å². The van der Waals surface area contributed by atoms with Gasteiger partial charge in [0.25, 0.3) is 0 Å². The minimum Gasteiger partial charge on any atom is -0.317 e. The summed E-state index contributed by atoms with van der Waals surface area (Å²) < 4.78 is 24.8. The van der Waals surface area contributed by atoms with E-state index < -0.39 is 9.84 Å². The second-order valence-corrected chi connectivity index (χ2v) is 7.94. The van der Waals surface area contributed by atoms with Gasteiger partial charge in [-0.3, -0.25) is 0 Å². The molecule has 1 saturated carbocycles. The van der Waals surface area contributed by atoms with Crippen molar-refractivity contribution in [1.29, 1.82) is 0 Å². The van der Waals surface area contributed by atoms with Crippen LogP contribution in [0.25, 0.3) is 0 Å². The molecule has 0 radical (unpaired) electrons. The van der Waals surface area contributed by atoms with Crippen molar-refractivity contribution in [2.75, 3.05) is 7.05 Å². The van der Waals surface area contributed by atoms with Crippen LogP contribution in [0.5, 0.6) is 0 Å². The summed E-state index contributed by atoms with van der Waals surface area (Å²) in [4.78, 5) is 0. The first-order chi connectivity index (χ1) is 7.32. The second-order valence-electron chi connectivity index (χ2n) is 5.41. The van der Waals surface area contributed by atoms with Gasteiger partial charge in [-0.25, -0.2) is 8.42 Å². The van der Waals surface area contributed by atoms with Gasteiger partial charge in [-0.2, -0.15) is 0 Å². The molecule has 0 aromatic carbocycles. The Morgan fingerprint density at radius 3 is 2.12 bits per heavy atom. The van der Waals surface area contributed by atoms with Crippen molar-refractivity contribution in [2.24, 2.45) is 11.8 Å². The molecule has 1 N–H and O–H groups in total. The number of hydrogen-bond acceptors (Lipinski definition) is 3. The smallest absolute Gasteiger partial charge is 0.156 e. The van der Waals surface area contributed by atoms with E-state index in [9.17, 15) is 8.42 Å². The molecule has 96 valence electrons. The zero-order valence-corrected chi connectivity index (χ0v) is 11.8. The average Bonchev–Trinajstić information content (AvgIpc) is 2.58. The van der Waals surface area contributed by atoms with Gasteiger partial charge in [0.05, 0.1) is 10.5 Å². The van der Waals surface area contributed by atoms with Crippen molar-refractivity contribution in [3.05, 3.63) is 0 Å². The van der Waals surface area contributed by atoms with E-state index in [0.717, 1.165) is 12.8 Å². The molecule has 0 aliphatic heterocycles. The molecule has 0 spiro atoms. The van der Waals surface area contributed by atoms with Crippen LogP contribution >= 0.6 is 0 Å². The molecule has 0 aromatic rings. The van der Waals surface area contributed by atoms with Crippen molar-refractivity contribution in [3.8, 4) is 0 Å². The molecule has 0 amide bonds. The van der Waals surface area contributed by atoms with Crippen LogP contribution in [0.15, 0.2) is 0 Å². The first kappa shape index (κ1) is 14.0. The van der Waals surface area contributed by atoms with Gasteiger partial charge in [0.1, 0.15) is 0 Å². The highest BCUT2D eigenvalue weighted by atomic mass is 32.2. The Balaban J connectivity index is 2.86. The number of nitrogens with one attached hydrogen (secondary N) is 1. The Kier molecular flexibility index (Phi) is 4.41. The summed E-state index contributed by atoms with van der Waals surface area (Å²) >= 11 is 0. The average molecular weight is 247 g/mol. The van der Waals surface area contributed by atoms with Crippen molar-refractivity contribution < 1.29 is 8.42 Å². The lowest BCUT2D eigenvalue weighted by molar-refractivity contribution is 0.447. The Morgan fingerprint density at radius 2 is 1.75 bits per heavy atom. The van der Waals surface area contributed by atoms with Gasteiger partial charge in [0, 0.05) is 6.04 Å². The highest BCUT2D eigenvalue weighted by Gasteiger charge is 2.42. The minimum atomic E-state index is -2.97. The Morgan fingerprint density at radius 1 is 1.19 bits per heavy atom. The van der Waals surface area contributed by atoms with Crippen LogP contribution in [0.4, 0.5) is 0 Å². The summed E-state index contributed by atoms with van der Waals surface area (Å²) in [7, 11) is -1.05. The van der Waals surface area contributed by atoms with E-state index in [-0.39, 0.29) is 22.3 Å². The molecule has 0 bridgehead atoms. The van der Waals surface area contributed by atoms with E-state index in [2.05, 4.69) is 12.2 Å². The second kappa shape index (κ2) is 5.05. The molecule has 1 fully saturated rings. The summed E-state index contributed by atoms with van der Waals surface area (Å²) in [5.41, 5.74) is 0. The predicted molar refractivity (Wildman–Crippen MR) is 68.3 cm³/mol. The van der Waals surface area contributed by atoms with Crippen LogP contribution in [-0.2, 0) is 9.84 Å². The molecule has 3 nitrogen and oxygen atoms in total. The Hall–Kier alpha value is -0.0900. The van der Waals surface area contributed by atoms with Crippen LogP contribution in [0, 0.1) is 11.8 Å². The van der Waals surface area contributed by atoms with Crippen molar-refractivity contribution in [2.45, 2.75) is 57.1 Å². The van der Waals surface area contributed by atoms with Crippen molar-refractivity contribution >= 4 is 9.84 Å². The highest BCUT2D eigenvalue weighted by molar-refractivity contribution is 7.92. The minimum absolute atomic E-state index is 0.151. The third kappa shape index (κ3) is 2.43. The lowest BCUT2D eigenvalue weighted by atomic mass is 10.1. The first-order valence-corrected chi connectivity index (χ1v) is 7.83. The molecule has 4 unspecified atom stereocenters. The fourth-order valence-corrected chi connectivity index (χ4v) is 5.22. The normalized spacial score (nSPS) is 33.2. The van der Waals surface area contributed by atoms with E-state index in [0.29, 0.717) is 6.04 Å². The summed E-state index contributed by atoms with van der Waals surface area (Å²) in [6.45, 7) is 7.87. The molecule has 4 atom stereocenters. The van der Waals surface area contributed by atoms with Gasteiger partial charge in [0.15, 0.2) is 9.84 Å². The van der Waals surface area contributed by atoms with Gasteiger partial charge in [-0.15, -0.1) is 0 Å². The third-order valence-electron chi connectivity index (χ3n) is 4.23. The van der Waals surface area contributed by atoms with Crippen LogP contribution in [0.2, 0.25) is 0 Å². The largest absolute Gasteiger partial charge is 0.317 e. The molecule has 1 rings (SSSR count). The van der Waals surface area contributed by atoms with Crippen LogP contribution in [-0.4, -0.2) is 32.0 Å². The van der Waals surface area contributed by atoms with Gasteiger partial charge in [0.2, 0.25) is 0 Å². The van der Waals surface area contributed by atoms with E-state index in [1.54, 1.807) is 0 Å². The van der Waals surface area contributed by atoms with Crippen molar-refractivity contribution in [3.63, 3.8) is 0 Å². The van der Waals surface area contributed by atoms with Crippen LogP contribution in [0.1, 0.15) is 40.5 Å². The lowest BCUT2D eigenvalue weighted by Crippen LogP contribution is -2.39. The molecule has 0 heterocycles. The van der Waals surface area contributed by atoms with E-state index in [1.807, 2.05) is 27.8 Å². The quantitative estimate of drug-likeness (QED) is 0.824. The van der Waals surface area contributed by atoms with Gasteiger partial charge >= 0.3 is 0 Å². The fourth-order valence-electron chi connectivity index (χ4n) is 2.65. The molecule has 1 aliphatic carbocycles. The standard InChI is InChI=1S/C12H25NO2S/c1-8(2)10(4)16(14,15)12-7-6-11(13-5)9(12)3/h8-13H,6-7H2,1-5H3. The molecule has 0 aromatic heterocycles. The third-order valence-corrected chi connectivity index (χ3v) is 7.32. The Labute approximate surface area is 99.9 Å². The topological polar surface area (TPSA) is 46.2 Å². The predicted octanol–water partition coefficient (Wildman–Crippen LogP) is 1.83. The lowest BCUT2D eigenvalue weighted by Gasteiger charge is -2.25. The molecular weight excluding hydrogens is 222 g/mol. The monoisotopic (exact) mass is 247 g/mol. The Bertz CT molecular complexity index is 324. The maximum atomic E-state index is 12.4. The summed E-state index contributed by atoms with van der Waals surface area (Å²) in [6.07, 6.45) is 1.79. The maximum Gasteiger partial charge on any atom is 0.156 e. The maximum absolute atomic E-state index is 12.4. The zero-order valence-electron chi connectivity index (χ0n) is 11.0. The number of rotatable bonds is 4. The summed E-state index contributed by atoms with van der Waals surface area (Å²) in [5.74, 6) is 0.432. The molecule has 1 aliphatic rings. The van der Waals surface area contributed by atoms with Gasteiger partial charge in [-0.05, 0) is 38.6 Å². The van der Waals surface area contributed by atoms with Gasteiger partial charge in [-0.1, -0.05) is 20.8 Å². The number of sulfone groups is 1. The van der Waals surface area contributed by atoms with Crippen molar-refractivity contribution in [1.82, 2.24) is 5.32 Å². The van der Waals surface area contributed by atoms with E-state index in [4.69, 9.17) is 0 Å². The zero-order chi connectivity index (χ0) is 12.5. The van der Waals surface area contributed by atoms with Gasteiger partial charge < -0.3 is 5.32 Å². The van der Waals surface area contributed by atoms with E-state index in [1.165, 1.54) is 0 Å². The first-order valence-electron chi connectivity index (χ1n) is 6.22. The summed E-state index contributed by atoms with van der Waals surface area (Å²) in [6, 6.07) is 0.360. The van der Waals surface area contributed by atoms with E-state index >= 15 is 0 Å². The molecule has 16 heavy (non-hydrogen) atoms. The summed E-state index contributed by atoms with van der Waals surface area (Å²) in [5, 5.41) is 2.84. The van der Waals surface area contributed by atoms with Crippen LogP contribution < -0.4 is 5.32 Å². The molecular formula is C12H25NO2S. The number of hydrogen-bond donors (Lipinski definition) is 1. The molecule has 0 saturated heterocycles. The SMILES string of the molecule is CNC1CCC(S(=O)(=O)C(C)C(C)C)C1C. The fraction of sp³-hybridized carbons (Fsp3) is 1.00. The highest BCUT2D eigenvalue weighted by Crippen LogP contribution is 2.34.